The molecule has 0 radical (unpaired) electrons. The molecule has 0 aromatic carbocycles. The zero-order valence-corrected chi connectivity index (χ0v) is 13.1. The summed E-state index contributed by atoms with van der Waals surface area (Å²) in [7, 11) is 1.82. The summed E-state index contributed by atoms with van der Waals surface area (Å²) in [5.74, 6) is 0.701. The van der Waals surface area contributed by atoms with Crippen LogP contribution in [0.4, 0.5) is 0 Å². The molecule has 0 spiro atoms. The standard InChI is InChI=1S/C16H26N4O/c1-3-13-16(21)19(2)14(9-8-11-10-18-11)15(17)20(13)12-6-4-5-7-12/h9,11-13,17-18H,3-8,10H2,1-2H3/b14-9+,17-15?. The largest absolute Gasteiger partial charge is 0.340 e. The molecule has 0 bridgehead atoms. The van der Waals surface area contributed by atoms with E-state index in [2.05, 4.69) is 23.2 Å². The van der Waals surface area contributed by atoms with Crippen LogP contribution in [0, 0.1) is 5.41 Å². The Balaban J connectivity index is 1.86. The molecular formula is C16H26N4O. The Labute approximate surface area is 126 Å². The SMILES string of the molecule is CCC1C(=O)N(C)/C(=C/CC2CN2)C(=N)N1C1CCCC1. The highest BCUT2D eigenvalue weighted by molar-refractivity contribution is 6.06. The van der Waals surface area contributed by atoms with E-state index < -0.39 is 0 Å². The zero-order valence-electron chi connectivity index (χ0n) is 13.1. The summed E-state index contributed by atoms with van der Waals surface area (Å²) in [6.45, 7) is 3.10. The van der Waals surface area contributed by atoms with Crippen LogP contribution < -0.4 is 5.32 Å². The van der Waals surface area contributed by atoms with Gasteiger partial charge in [-0.2, -0.15) is 0 Å². The summed E-state index contributed by atoms with van der Waals surface area (Å²) in [5, 5.41) is 11.9. The maximum atomic E-state index is 12.7. The van der Waals surface area contributed by atoms with Crippen molar-refractivity contribution in [2.24, 2.45) is 0 Å². The first-order valence-electron chi connectivity index (χ1n) is 8.21. The summed E-state index contributed by atoms with van der Waals surface area (Å²) in [5.41, 5.74) is 0.797. The monoisotopic (exact) mass is 290 g/mol. The smallest absolute Gasteiger partial charge is 0.249 e. The van der Waals surface area contributed by atoms with Gasteiger partial charge in [0, 0.05) is 25.7 Å². The Kier molecular flexibility index (Phi) is 4.02. The number of piperazine rings is 1. The number of nitrogens with zero attached hydrogens (tertiary/aromatic N) is 2. The summed E-state index contributed by atoms with van der Waals surface area (Å²) >= 11 is 0. The second-order valence-corrected chi connectivity index (χ2v) is 6.45. The van der Waals surface area contributed by atoms with Gasteiger partial charge in [-0.1, -0.05) is 25.8 Å². The normalized spacial score (nSPS) is 32.4. The van der Waals surface area contributed by atoms with Gasteiger partial charge in [0.1, 0.15) is 11.9 Å². The molecule has 3 rings (SSSR count). The topological polar surface area (TPSA) is 69.3 Å². The summed E-state index contributed by atoms with van der Waals surface area (Å²) in [6.07, 6.45) is 8.43. The number of amides is 1. The van der Waals surface area contributed by atoms with Gasteiger partial charge in [-0.3, -0.25) is 10.2 Å². The Morgan fingerprint density at radius 3 is 2.62 bits per heavy atom. The predicted octanol–water partition coefficient (Wildman–Crippen LogP) is 1.70. The van der Waals surface area contributed by atoms with Crippen LogP contribution in [0.1, 0.15) is 45.4 Å². The van der Waals surface area contributed by atoms with E-state index in [9.17, 15) is 4.79 Å². The number of hydrogen-bond acceptors (Lipinski definition) is 3. The van der Waals surface area contributed by atoms with Gasteiger partial charge in [-0.05, 0) is 25.7 Å². The molecular weight excluding hydrogens is 264 g/mol. The van der Waals surface area contributed by atoms with Crippen LogP contribution in [-0.4, -0.2) is 53.3 Å². The first-order valence-corrected chi connectivity index (χ1v) is 8.21. The molecule has 2 aliphatic heterocycles. The number of hydrogen-bond donors (Lipinski definition) is 2. The molecule has 1 aliphatic carbocycles. The van der Waals surface area contributed by atoms with Gasteiger partial charge in [0.05, 0.1) is 5.70 Å². The lowest BCUT2D eigenvalue weighted by atomic mass is 10.0. The minimum atomic E-state index is -0.151. The van der Waals surface area contributed by atoms with E-state index in [1.165, 1.54) is 12.8 Å². The average molecular weight is 290 g/mol. The molecule has 1 amide bonds. The van der Waals surface area contributed by atoms with Crippen LogP contribution in [0.3, 0.4) is 0 Å². The third-order valence-electron chi connectivity index (χ3n) is 5.01. The molecule has 116 valence electrons. The molecule has 2 unspecified atom stereocenters. The molecule has 21 heavy (non-hydrogen) atoms. The highest BCUT2D eigenvalue weighted by Crippen LogP contribution is 2.32. The van der Waals surface area contributed by atoms with Crippen LogP contribution in [0.15, 0.2) is 11.8 Å². The Bertz CT molecular complexity index is 463. The van der Waals surface area contributed by atoms with E-state index >= 15 is 0 Å². The molecule has 0 aromatic rings. The van der Waals surface area contributed by atoms with Crippen molar-refractivity contribution >= 4 is 11.7 Å². The van der Waals surface area contributed by atoms with Crippen molar-refractivity contribution in [3.8, 4) is 0 Å². The van der Waals surface area contributed by atoms with Gasteiger partial charge in [-0.15, -0.1) is 0 Å². The first-order chi connectivity index (χ1) is 10.1. The summed E-state index contributed by atoms with van der Waals surface area (Å²) in [6, 6.07) is 0.766. The van der Waals surface area contributed by atoms with Gasteiger partial charge in [0.25, 0.3) is 0 Å². The van der Waals surface area contributed by atoms with Gasteiger partial charge < -0.3 is 15.1 Å². The van der Waals surface area contributed by atoms with Gasteiger partial charge in [0.15, 0.2) is 0 Å². The van der Waals surface area contributed by atoms with Crippen LogP contribution in [0.5, 0.6) is 0 Å². The van der Waals surface area contributed by atoms with E-state index in [1.807, 2.05) is 7.05 Å². The fourth-order valence-electron chi connectivity index (χ4n) is 3.64. The molecule has 5 heteroatoms. The number of likely N-dealkylation sites (N-methyl/N-ethyl adjacent to an activating group) is 1. The lowest BCUT2D eigenvalue weighted by Crippen LogP contribution is -2.59. The van der Waals surface area contributed by atoms with Gasteiger partial charge in [-0.25, -0.2) is 0 Å². The molecule has 2 saturated heterocycles. The highest BCUT2D eigenvalue weighted by atomic mass is 16.2. The van der Waals surface area contributed by atoms with E-state index in [0.29, 0.717) is 17.9 Å². The van der Waals surface area contributed by atoms with Crippen molar-refractivity contribution in [1.82, 2.24) is 15.1 Å². The third kappa shape index (κ3) is 2.71. The second-order valence-electron chi connectivity index (χ2n) is 6.45. The van der Waals surface area contributed by atoms with Crippen molar-refractivity contribution in [3.05, 3.63) is 11.8 Å². The van der Waals surface area contributed by atoms with Crippen LogP contribution in [0.25, 0.3) is 0 Å². The minimum absolute atomic E-state index is 0.149. The number of carbonyl (C=O) groups excluding carboxylic acids is 1. The quantitative estimate of drug-likeness (QED) is 0.774. The highest BCUT2D eigenvalue weighted by Gasteiger charge is 2.42. The Morgan fingerprint density at radius 1 is 1.38 bits per heavy atom. The number of amidine groups is 1. The average Bonchev–Trinajstić information content (AvgIpc) is 3.15. The van der Waals surface area contributed by atoms with Crippen LogP contribution in [0.2, 0.25) is 0 Å². The lowest BCUT2D eigenvalue weighted by molar-refractivity contribution is -0.134. The Morgan fingerprint density at radius 2 is 2.05 bits per heavy atom. The summed E-state index contributed by atoms with van der Waals surface area (Å²) in [4.78, 5) is 16.5. The molecule has 1 saturated carbocycles. The number of carbonyl (C=O) groups is 1. The first kappa shape index (κ1) is 14.6. The number of rotatable bonds is 4. The minimum Gasteiger partial charge on any atom is -0.340 e. The molecule has 0 aromatic heterocycles. The fraction of sp³-hybridized carbons (Fsp3) is 0.750. The van der Waals surface area contributed by atoms with Crippen molar-refractivity contribution < 1.29 is 4.79 Å². The molecule has 3 aliphatic rings. The second kappa shape index (κ2) is 5.79. The van der Waals surface area contributed by atoms with Crippen molar-refractivity contribution in [2.45, 2.75) is 63.6 Å². The number of nitrogens with one attached hydrogen (secondary N) is 2. The molecule has 2 N–H and O–H groups in total. The maximum Gasteiger partial charge on any atom is 0.249 e. The molecule has 2 atom stereocenters. The van der Waals surface area contributed by atoms with Gasteiger partial charge in [0.2, 0.25) is 5.91 Å². The Hall–Kier alpha value is -1.36. The van der Waals surface area contributed by atoms with Gasteiger partial charge >= 0.3 is 0 Å². The van der Waals surface area contributed by atoms with E-state index in [4.69, 9.17) is 5.41 Å². The zero-order chi connectivity index (χ0) is 15.0. The fourth-order valence-corrected chi connectivity index (χ4v) is 3.64. The van der Waals surface area contributed by atoms with Crippen LogP contribution >= 0.6 is 0 Å². The molecule has 2 heterocycles. The van der Waals surface area contributed by atoms with E-state index in [0.717, 1.165) is 37.9 Å². The predicted molar refractivity (Wildman–Crippen MR) is 83.2 cm³/mol. The van der Waals surface area contributed by atoms with E-state index in [-0.39, 0.29) is 11.9 Å². The molecule has 3 fully saturated rings. The van der Waals surface area contributed by atoms with Crippen molar-refractivity contribution in [1.29, 1.82) is 5.41 Å². The van der Waals surface area contributed by atoms with Crippen molar-refractivity contribution in [3.63, 3.8) is 0 Å². The summed E-state index contributed by atoms with van der Waals surface area (Å²) < 4.78 is 0. The maximum absolute atomic E-state index is 12.7. The van der Waals surface area contributed by atoms with Crippen molar-refractivity contribution in [2.75, 3.05) is 13.6 Å². The van der Waals surface area contributed by atoms with Crippen LogP contribution in [-0.2, 0) is 4.79 Å². The molecule has 5 nitrogen and oxygen atoms in total. The van der Waals surface area contributed by atoms with E-state index in [1.54, 1.807) is 4.90 Å². The lowest BCUT2D eigenvalue weighted by Gasteiger charge is -2.45. The third-order valence-corrected chi connectivity index (χ3v) is 5.01.